The van der Waals surface area contributed by atoms with Crippen LogP contribution in [0.3, 0.4) is 0 Å². The van der Waals surface area contributed by atoms with Crippen molar-refractivity contribution in [2.45, 2.75) is 10.7 Å². The monoisotopic (exact) mass is 205 g/mol. The van der Waals surface area contributed by atoms with E-state index < -0.39 is 8.91 Å². The smallest absolute Gasteiger partial charge is 0.259 e. The molecular formula is C4H4Cl3OS. The van der Waals surface area contributed by atoms with E-state index in [4.69, 9.17) is 34.8 Å². The molecule has 9 heavy (non-hydrogen) atoms. The summed E-state index contributed by atoms with van der Waals surface area (Å²) >= 11 is 16.5. The van der Waals surface area contributed by atoms with Crippen molar-refractivity contribution in [3.8, 4) is 0 Å². The summed E-state index contributed by atoms with van der Waals surface area (Å²) in [5.41, 5.74) is 0. The van der Waals surface area contributed by atoms with Gasteiger partial charge in [0.15, 0.2) is 0 Å². The quantitative estimate of drug-likeness (QED) is 0.614. The lowest BCUT2D eigenvalue weighted by Crippen LogP contribution is -2.13. The van der Waals surface area contributed by atoms with Crippen LogP contribution in [0, 0.1) is 5.75 Å². The molecule has 0 aliphatic rings. The Labute approximate surface area is 73.0 Å². The molecule has 0 amide bonds. The zero-order chi connectivity index (χ0) is 7.49. The Balaban J connectivity index is 3.74. The van der Waals surface area contributed by atoms with Crippen LogP contribution in [-0.4, -0.2) is 8.91 Å². The third-order valence-electron chi connectivity index (χ3n) is 0.456. The van der Waals surface area contributed by atoms with Crippen molar-refractivity contribution in [2.24, 2.45) is 0 Å². The number of alkyl halides is 3. The normalized spacial score (nSPS) is 11.6. The van der Waals surface area contributed by atoms with E-state index in [1.165, 1.54) is 0 Å². The molecule has 5 heteroatoms. The highest BCUT2D eigenvalue weighted by molar-refractivity contribution is 8.15. The molecule has 0 fully saturated rings. The molecule has 0 atom stereocenters. The summed E-state index contributed by atoms with van der Waals surface area (Å²) in [6.07, 6.45) is 0. The average Bonchev–Trinajstić information content (AvgIpc) is 1.64. The summed E-state index contributed by atoms with van der Waals surface area (Å²) in [5.74, 6) is 1.56. The summed E-state index contributed by atoms with van der Waals surface area (Å²) < 4.78 is -1.78. The number of hydrogen-bond donors (Lipinski definition) is 0. The molecular weight excluding hydrogens is 202 g/mol. The van der Waals surface area contributed by atoms with Gasteiger partial charge in [-0.15, -0.1) is 0 Å². The summed E-state index contributed by atoms with van der Waals surface area (Å²) in [6.45, 7) is 1.69. The van der Waals surface area contributed by atoms with Crippen LogP contribution < -0.4 is 0 Å². The van der Waals surface area contributed by atoms with Crippen LogP contribution >= 0.6 is 46.6 Å². The van der Waals surface area contributed by atoms with Crippen molar-refractivity contribution in [1.29, 1.82) is 0 Å². The molecule has 0 saturated heterocycles. The van der Waals surface area contributed by atoms with E-state index in [2.05, 4.69) is 0 Å². The highest BCUT2D eigenvalue weighted by atomic mass is 35.6. The number of hydrogen-bond acceptors (Lipinski definition) is 2. The van der Waals surface area contributed by atoms with Crippen LogP contribution in [0.5, 0.6) is 0 Å². The molecule has 1 radical (unpaired) electrons. The summed E-state index contributed by atoms with van der Waals surface area (Å²) in [6, 6.07) is 0. The minimum Gasteiger partial charge on any atom is -0.282 e. The van der Waals surface area contributed by atoms with Gasteiger partial charge in [0, 0.05) is 5.75 Å². The molecule has 0 unspecified atom stereocenters. The van der Waals surface area contributed by atoms with Crippen molar-refractivity contribution >= 4 is 51.7 Å². The SMILES string of the molecule is C[CH]SC(=O)C(Cl)(Cl)Cl. The predicted octanol–water partition coefficient (Wildman–Crippen LogP) is 2.80. The van der Waals surface area contributed by atoms with Crippen molar-refractivity contribution in [3.63, 3.8) is 0 Å². The van der Waals surface area contributed by atoms with Gasteiger partial charge in [-0.05, 0) is 0 Å². The third-order valence-corrected chi connectivity index (χ3v) is 2.06. The molecule has 0 rings (SSSR count). The molecule has 0 spiro atoms. The number of rotatable bonds is 1. The lowest BCUT2D eigenvalue weighted by atomic mass is 10.9. The van der Waals surface area contributed by atoms with Crippen LogP contribution in [0.4, 0.5) is 0 Å². The van der Waals surface area contributed by atoms with E-state index in [0.717, 1.165) is 11.8 Å². The second-order valence-electron chi connectivity index (χ2n) is 1.14. The molecule has 0 saturated carbocycles. The Morgan fingerprint density at radius 1 is 1.56 bits per heavy atom. The van der Waals surface area contributed by atoms with Crippen LogP contribution in [0.2, 0.25) is 0 Å². The highest BCUT2D eigenvalue weighted by Crippen LogP contribution is 2.32. The first kappa shape index (κ1) is 9.89. The first-order valence-corrected chi connectivity index (χ1v) is 4.05. The lowest BCUT2D eigenvalue weighted by Gasteiger charge is -2.05. The maximum atomic E-state index is 10.6. The lowest BCUT2D eigenvalue weighted by molar-refractivity contribution is -0.110. The molecule has 1 nitrogen and oxygen atoms in total. The topological polar surface area (TPSA) is 17.1 Å². The van der Waals surface area contributed by atoms with Crippen molar-refractivity contribution in [1.82, 2.24) is 0 Å². The van der Waals surface area contributed by atoms with Crippen molar-refractivity contribution in [3.05, 3.63) is 5.75 Å². The minimum atomic E-state index is -1.78. The molecule has 0 aliphatic carbocycles. The van der Waals surface area contributed by atoms with E-state index in [-0.39, 0.29) is 0 Å². The first-order chi connectivity index (χ1) is 3.98. The largest absolute Gasteiger partial charge is 0.282 e. The van der Waals surface area contributed by atoms with Gasteiger partial charge < -0.3 is 0 Å². The van der Waals surface area contributed by atoms with Gasteiger partial charge >= 0.3 is 0 Å². The second kappa shape index (κ2) is 3.91. The van der Waals surface area contributed by atoms with E-state index in [1.807, 2.05) is 0 Å². The van der Waals surface area contributed by atoms with Crippen LogP contribution in [-0.2, 0) is 4.79 Å². The van der Waals surface area contributed by atoms with Gasteiger partial charge in [0.05, 0.1) is 0 Å². The van der Waals surface area contributed by atoms with Gasteiger partial charge in [0.1, 0.15) is 0 Å². The fourth-order valence-corrected chi connectivity index (χ4v) is 0.922. The Morgan fingerprint density at radius 2 is 2.00 bits per heavy atom. The zero-order valence-corrected chi connectivity index (χ0v) is 7.61. The predicted molar refractivity (Wildman–Crippen MR) is 42.9 cm³/mol. The highest BCUT2D eigenvalue weighted by Gasteiger charge is 2.29. The Kier molecular flexibility index (Phi) is 4.30. The summed E-state index contributed by atoms with van der Waals surface area (Å²) in [4.78, 5) is 10.6. The Hall–Kier alpha value is 0.890. The van der Waals surface area contributed by atoms with Crippen LogP contribution in [0.1, 0.15) is 6.92 Å². The zero-order valence-electron chi connectivity index (χ0n) is 4.53. The summed E-state index contributed by atoms with van der Waals surface area (Å²) in [7, 11) is 0. The number of carbonyl (C=O) groups is 1. The first-order valence-electron chi connectivity index (χ1n) is 2.04. The number of thioether (sulfide) groups is 1. The van der Waals surface area contributed by atoms with Gasteiger partial charge in [0.2, 0.25) is 5.12 Å². The van der Waals surface area contributed by atoms with Crippen LogP contribution in [0.25, 0.3) is 0 Å². The Bertz CT molecular complexity index is 109. The van der Waals surface area contributed by atoms with Gasteiger partial charge in [0.25, 0.3) is 3.79 Å². The fourth-order valence-electron chi connectivity index (χ4n) is 0.174. The molecule has 0 heterocycles. The van der Waals surface area contributed by atoms with Crippen molar-refractivity contribution < 1.29 is 4.79 Å². The van der Waals surface area contributed by atoms with Crippen LogP contribution in [0.15, 0.2) is 0 Å². The van der Waals surface area contributed by atoms with Gasteiger partial charge in [-0.1, -0.05) is 53.5 Å². The van der Waals surface area contributed by atoms with E-state index in [0.29, 0.717) is 0 Å². The second-order valence-corrected chi connectivity index (χ2v) is 4.50. The number of carbonyl (C=O) groups excluding carboxylic acids is 1. The molecule has 0 aromatic heterocycles. The molecule has 0 aromatic rings. The third kappa shape index (κ3) is 4.31. The Morgan fingerprint density at radius 3 is 2.11 bits per heavy atom. The van der Waals surface area contributed by atoms with E-state index in [9.17, 15) is 4.79 Å². The minimum absolute atomic E-state index is 0.477. The van der Waals surface area contributed by atoms with Gasteiger partial charge in [-0.25, -0.2) is 0 Å². The standard InChI is InChI=1S/C4H4Cl3OS/c1-2-9-3(8)4(5,6)7/h2H,1H3. The molecule has 0 aliphatic heterocycles. The molecule has 0 N–H and O–H groups in total. The maximum absolute atomic E-state index is 10.6. The average molecular weight is 207 g/mol. The van der Waals surface area contributed by atoms with Gasteiger partial charge in [-0.3, -0.25) is 4.79 Å². The van der Waals surface area contributed by atoms with Crippen molar-refractivity contribution in [2.75, 3.05) is 0 Å². The van der Waals surface area contributed by atoms with E-state index >= 15 is 0 Å². The van der Waals surface area contributed by atoms with E-state index in [1.54, 1.807) is 12.7 Å². The maximum Gasteiger partial charge on any atom is 0.259 e. The molecule has 0 bridgehead atoms. The number of halogens is 3. The molecule has 0 aromatic carbocycles. The van der Waals surface area contributed by atoms with Gasteiger partial charge in [-0.2, -0.15) is 0 Å². The molecule has 53 valence electrons. The fraction of sp³-hybridized carbons (Fsp3) is 0.500. The summed E-state index contributed by atoms with van der Waals surface area (Å²) in [5, 5.41) is -0.477.